The van der Waals surface area contributed by atoms with Gasteiger partial charge < -0.3 is 18.9 Å². The molecule has 0 unspecified atom stereocenters. The lowest BCUT2D eigenvalue weighted by Crippen LogP contribution is -2.04. The van der Waals surface area contributed by atoms with Crippen LogP contribution in [0.15, 0.2) is 121 Å². The van der Waals surface area contributed by atoms with E-state index >= 15 is 0 Å². The molecule has 5 aromatic carbocycles. The molecule has 0 radical (unpaired) electrons. The van der Waals surface area contributed by atoms with E-state index in [1.807, 2.05) is 121 Å². The number of hydrogen-bond donors (Lipinski definition) is 0. The van der Waals surface area contributed by atoms with Crippen molar-refractivity contribution in [2.24, 2.45) is 0 Å². The van der Waals surface area contributed by atoms with Crippen LogP contribution in [0.4, 0.5) is 0 Å². The maximum Gasteiger partial charge on any atom is 0.122 e. The smallest absolute Gasteiger partial charge is 0.122 e. The van der Waals surface area contributed by atoms with E-state index < -0.39 is 0 Å². The summed E-state index contributed by atoms with van der Waals surface area (Å²) >= 11 is 0. The molecular weight excluding hydrogens is 572 g/mol. The summed E-state index contributed by atoms with van der Waals surface area (Å²) in [6.07, 6.45) is 3.53. The summed E-state index contributed by atoms with van der Waals surface area (Å²) in [4.78, 5) is 0. The van der Waals surface area contributed by atoms with Gasteiger partial charge in [-0.3, -0.25) is 0 Å². The van der Waals surface area contributed by atoms with Crippen molar-refractivity contribution in [3.05, 3.63) is 132 Å². The largest absolute Gasteiger partial charge is 0.494 e. The van der Waals surface area contributed by atoms with Crippen LogP contribution in [0.3, 0.4) is 0 Å². The SMILES string of the molecule is N#Cc1ccc(-c2ccc(OCCCCOc3cccc(OCCCCOc4ccc(-c5ccc(C#N)cc5)cc4)c3)cc2)cc1. The lowest BCUT2D eigenvalue weighted by atomic mass is 10.0. The van der Waals surface area contributed by atoms with Crippen molar-refractivity contribution >= 4 is 0 Å². The zero-order valence-corrected chi connectivity index (χ0v) is 25.7. The van der Waals surface area contributed by atoms with Crippen LogP contribution in [0, 0.1) is 22.7 Å². The quantitative estimate of drug-likeness (QED) is 0.104. The zero-order valence-electron chi connectivity index (χ0n) is 25.7. The van der Waals surface area contributed by atoms with Crippen molar-refractivity contribution in [2.45, 2.75) is 25.7 Å². The third-order valence-corrected chi connectivity index (χ3v) is 7.36. The summed E-state index contributed by atoms with van der Waals surface area (Å²) in [5.41, 5.74) is 5.63. The second kappa shape index (κ2) is 16.9. The van der Waals surface area contributed by atoms with E-state index in [4.69, 9.17) is 29.5 Å². The zero-order chi connectivity index (χ0) is 31.8. The number of nitriles is 2. The standard InChI is InChI=1S/C40H36N2O4/c41-29-31-8-12-33(13-9-31)35-16-20-37(21-17-35)43-24-1-3-26-45-39-6-5-7-40(28-39)46-27-4-2-25-44-38-22-18-36(19-23-38)34-14-10-32(30-42)11-15-34/h5-23,28H,1-4,24-27H2. The first-order valence-corrected chi connectivity index (χ1v) is 15.5. The van der Waals surface area contributed by atoms with E-state index in [2.05, 4.69) is 12.1 Å². The number of benzene rings is 5. The fraction of sp³-hybridized carbons (Fsp3) is 0.200. The Morgan fingerprint density at radius 3 is 1.00 bits per heavy atom. The number of hydrogen-bond acceptors (Lipinski definition) is 6. The Labute approximate surface area is 271 Å². The summed E-state index contributed by atoms with van der Waals surface area (Å²) in [6.45, 7) is 2.46. The number of unbranched alkanes of at least 4 members (excludes halogenated alkanes) is 2. The second-order valence-corrected chi connectivity index (χ2v) is 10.7. The fourth-order valence-electron chi connectivity index (χ4n) is 4.78. The lowest BCUT2D eigenvalue weighted by Gasteiger charge is -2.11. The Balaban J connectivity index is 0.920. The highest BCUT2D eigenvalue weighted by atomic mass is 16.5. The average molecular weight is 609 g/mol. The lowest BCUT2D eigenvalue weighted by molar-refractivity contribution is 0.259. The Kier molecular flexibility index (Phi) is 11.7. The molecule has 0 aliphatic rings. The molecule has 46 heavy (non-hydrogen) atoms. The van der Waals surface area contributed by atoms with Gasteiger partial charge in [-0.2, -0.15) is 10.5 Å². The summed E-state index contributed by atoms with van der Waals surface area (Å²) in [7, 11) is 0. The number of rotatable bonds is 16. The molecule has 230 valence electrons. The molecule has 5 rings (SSSR count). The van der Waals surface area contributed by atoms with Gasteiger partial charge in [0.05, 0.1) is 49.7 Å². The van der Waals surface area contributed by atoms with Gasteiger partial charge in [-0.05, 0) is 109 Å². The molecule has 0 bridgehead atoms. The van der Waals surface area contributed by atoms with Gasteiger partial charge in [0.25, 0.3) is 0 Å². The Hall–Kier alpha value is -5.72. The minimum absolute atomic E-state index is 0.607. The van der Waals surface area contributed by atoms with Crippen LogP contribution in [-0.4, -0.2) is 26.4 Å². The van der Waals surface area contributed by atoms with Crippen molar-refractivity contribution in [1.82, 2.24) is 0 Å². The van der Waals surface area contributed by atoms with Gasteiger partial charge in [-0.1, -0.05) is 54.6 Å². The Morgan fingerprint density at radius 1 is 0.370 bits per heavy atom. The minimum Gasteiger partial charge on any atom is -0.494 e. The van der Waals surface area contributed by atoms with Gasteiger partial charge in [0.2, 0.25) is 0 Å². The molecule has 0 aromatic heterocycles. The number of nitrogens with zero attached hydrogens (tertiary/aromatic N) is 2. The molecule has 0 N–H and O–H groups in total. The van der Waals surface area contributed by atoms with Gasteiger partial charge in [0.15, 0.2) is 0 Å². The van der Waals surface area contributed by atoms with Crippen LogP contribution in [0.25, 0.3) is 22.3 Å². The van der Waals surface area contributed by atoms with Gasteiger partial charge in [-0.25, -0.2) is 0 Å². The molecule has 0 fully saturated rings. The third-order valence-electron chi connectivity index (χ3n) is 7.36. The van der Waals surface area contributed by atoms with E-state index in [0.717, 1.165) is 70.9 Å². The van der Waals surface area contributed by atoms with Crippen LogP contribution in [0.1, 0.15) is 36.8 Å². The number of ether oxygens (including phenoxy) is 4. The molecule has 5 aromatic rings. The van der Waals surface area contributed by atoms with E-state index in [1.165, 1.54) is 0 Å². The van der Waals surface area contributed by atoms with Crippen molar-refractivity contribution in [2.75, 3.05) is 26.4 Å². The van der Waals surface area contributed by atoms with Gasteiger partial charge in [0.1, 0.15) is 23.0 Å². The molecule has 0 amide bonds. The summed E-state index contributed by atoms with van der Waals surface area (Å²) in [5, 5.41) is 17.9. The normalized spacial score (nSPS) is 10.4. The fourth-order valence-corrected chi connectivity index (χ4v) is 4.78. The molecule has 6 heteroatoms. The van der Waals surface area contributed by atoms with Gasteiger partial charge in [-0.15, -0.1) is 0 Å². The van der Waals surface area contributed by atoms with Crippen LogP contribution >= 0.6 is 0 Å². The van der Waals surface area contributed by atoms with E-state index in [1.54, 1.807) is 0 Å². The van der Waals surface area contributed by atoms with E-state index in [9.17, 15) is 0 Å². The molecule has 0 spiro atoms. The van der Waals surface area contributed by atoms with Crippen LogP contribution in [0.5, 0.6) is 23.0 Å². The van der Waals surface area contributed by atoms with E-state index in [0.29, 0.717) is 37.6 Å². The molecule has 0 aliphatic heterocycles. The predicted octanol–water partition coefficient (Wildman–Crippen LogP) is 9.24. The van der Waals surface area contributed by atoms with Crippen LogP contribution in [0.2, 0.25) is 0 Å². The maximum absolute atomic E-state index is 8.96. The second-order valence-electron chi connectivity index (χ2n) is 10.7. The molecule has 0 aliphatic carbocycles. The monoisotopic (exact) mass is 608 g/mol. The first kappa shape index (κ1) is 31.7. The molecule has 0 saturated heterocycles. The van der Waals surface area contributed by atoms with Crippen LogP contribution in [-0.2, 0) is 0 Å². The Bertz CT molecular complexity index is 1610. The van der Waals surface area contributed by atoms with Crippen LogP contribution < -0.4 is 18.9 Å². The first-order valence-electron chi connectivity index (χ1n) is 15.5. The summed E-state index contributed by atoms with van der Waals surface area (Å²) < 4.78 is 23.7. The van der Waals surface area contributed by atoms with Gasteiger partial charge >= 0.3 is 0 Å². The third kappa shape index (κ3) is 9.64. The van der Waals surface area contributed by atoms with E-state index in [-0.39, 0.29) is 0 Å². The highest BCUT2D eigenvalue weighted by Gasteiger charge is 2.03. The van der Waals surface area contributed by atoms with Gasteiger partial charge in [0, 0.05) is 6.07 Å². The average Bonchev–Trinajstić information content (AvgIpc) is 3.12. The first-order chi connectivity index (χ1) is 22.7. The molecule has 0 atom stereocenters. The summed E-state index contributed by atoms with van der Waals surface area (Å²) in [6, 6.07) is 43.2. The highest BCUT2D eigenvalue weighted by Crippen LogP contribution is 2.25. The Morgan fingerprint density at radius 2 is 0.674 bits per heavy atom. The predicted molar refractivity (Wildman–Crippen MR) is 180 cm³/mol. The molecule has 6 nitrogen and oxygen atoms in total. The van der Waals surface area contributed by atoms with Crippen molar-refractivity contribution in [3.8, 4) is 57.4 Å². The molecule has 0 heterocycles. The maximum atomic E-state index is 8.96. The van der Waals surface area contributed by atoms with Crippen molar-refractivity contribution < 1.29 is 18.9 Å². The molecular formula is C40H36N2O4. The topological polar surface area (TPSA) is 84.5 Å². The van der Waals surface area contributed by atoms with Crippen molar-refractivity contribution in [3.63, 3.8) is 0 Å². The molecule has 0 saturated carbocycles. The highest BCUT2D eigenvalue weighted by molar-refractivity contribution is 5.66. The summed E-state index contributed by atoms with van der Waals surface area (Å²) in [5.74, 6) is 3.27. The van der Waals surface area contributed by atoms with Crippen molar-refractivity contribution in [1.29, 1.82) is 10.5 Å². The minimum atomic E-state index is 0.607.